The monoisotopic (exact) mass is 381 g/mol. The highest BCUT2D eigenvalue weighted by atomic mass is 35.5. The van der Waals surface area contributed by atoms with Crippen molar-refractivity contribution in [3.05, 3.63) is 47.2 Å². The van der Waals surface area contributed by atoms with Crippen LogP contribution in [-0.2, 0) is 9.84 Å². The third-order valence-electron chi connectivity index (χ3n) is 3.60. The molecule has 0 bridgehead atoms. The van der Waals surface area contributed by atoms with E-state index in [0.717, 1.165) is 5.69 Å². The molecule has 1 aromatic carbocycles. The van der Waals surface area contributed by atoms with Gasteiger partial charge in [-0.3, -0.25) is 0 Å². The van der Waals surface area contributed by atoms with Crippen molar-refractivity contribution in [3.63, 3.8) is 0 Å². The summed E-state index contributed by atoms with van der Waals surface area (Å²) in [5.74, 6) is 0.118. The minimum atomic E-state index is -3.75. The molecule has 5 nitrogen and oxygen atoms in total. The summed E-state index contributed by atoms with van der Waals surface area (Å²) in [4.78, 5) is 4.83. The van der Waals surface area contributed by atoms with Crippen molar-refractivity contribution in [1.82, 2.24) is 14.6 Å². The molecule has 0 fully saturated rings. The van der Waals surface area contributed by atoms with Crippen LogP contribution < -0.4 is 0 Å². The summed E-state index contributed by atoms with van der Waals surface area (Å²) in [5.41, 5.74) is 0.990. The zero-order chi connectivity index (χ0) is 17.5. The van der Waals surface area contributed by atoms with E-state index in [-0.39, 0.29) is 21.4 Å². The Labute approximate surface area is 150 Å². The highest BCUT2D eigenvalue weighted by molar-refractivity contribution is 7.99. The lowest BCUT2D eigenvalue weighted by atomic mass is 10.1. The molecular weight excluding hydrogens is 366 g/mol. The molecule has 0 aliphatic carbocycles. The first kappa shape index (κ1) is 17.3. The summed E-state index contributed by atoms with van der Waals surface area (Å²) in [5, 5.41) is 5.05. The zero-order valence-electron chi connectivity index (χ0n) is 13.4. The van der Waals surface area contributed by atoms with Gasteiger partial charge in [0.15, 0.2) is 10.5 Å². The van der Waals surface area contributed by atoms with E-state index in [9.17, 15) is 8.42 Å². The van der Waals surface area contributed by atoms with Gasteiger partial charge in [-0.05, 0) is 30.4 Å². The molecule has 0 atom stereocenters. The Morgan fingerprint density at radius 3 is 2.46 bits per heavy atom. The minimum absolute atomic E-state index is 0.102. The van der Waals surface area contributed by atoms with E-state index >= 15 is 0 Å². The first-order chi connectivity index (χ1) is 11.4. The van der Waals surface area contributed by atoms with Gasteiger partial charge in [0, 0.05) is 5.69 Å². The van der Waals surface area contributed by atoms with Gasteiger partial charge < -0.3 is 0 Å². The van der Waals surface area contributed by atoms with E-state index < -0.39 is 9.84 Å². The number of sulfone groups is 1. The number of thioether (sulfide) groups is 1. The van der Waals surface area contributed by atoms with Gasteiger partial charge in [0.25, 0.3) is 0 Å². The Balaban J connectivity index is 2.38. The van der Waals surface area contributed by atoms with Crippen molar-refractivity contribution in [2.45, 2.75) is 34.6 Å². The van der Waals surface area contributed by atoms with Crippen molar-refractivity contribution in [2.75, 3.05) is 6.26 Å². The van der Waals surface area contributed by atoms with E-state index in [1.54, 1.807) is 42.7 Å². The van der Waals surface area contributed by atoms with Gasteiger partial charge in [0.2, 0.25) is 9.84 Å². The number of benzene rings is 1. The molecule has 2 aromatic heterocycles. The van der Waals surface area contributed by atoms with Crippen molar-refractivity contribution in [3.8, 4) is 0 Å². The Kier molecular flexibility index (Phi) is 4.59. The van der Waals surface area contributed by atoms with Crippen molar-refractivity contribution in [1.29, 1.82) is 0 Å². The number of aromatic nitrogens is 3. The van der Waals surface area contributed by atoms with Crippen molar-refractivity contribution >= 4 is 38.8 Å². The topological polar surface area (TPSA) is 64.3 Å². The summed E-state index contributed by atoms with van der Waals surface area (Å²) in [6.45, 7) is 3.96. The van der Waals surface area contributed by atoms with Crippen molar-refractivity contribution in [2.24, 2.45) is 0 Å². The SMILES string of the molecule is CSc1nn2c(Cl)cc(C(C)C)nc2c1S(=O)(=O)c1ccccc1. The van der Waals surface area contributed by atoms with Crippen LogP contribution in [0.3, 0.4) is 0 Å². The Morgan fingerprint density at radius 2 is 1.88 bits per heavy atom. The van der Waals surface area contributed by atoms with E-state index in [4.69, 9.17) is 11.6 Å². The van der Waals surface area contributed by atoms with Gasteiger partial charge in [-0.2, -0.15) is 5.10 Å². The maximum Gasteiger partial charge on any atom is 0.213 e. The second-order valence-corrected chi connectivity index (χ2v) is 8.62. The Bertz CT molecular complexity index is 999. The minimum Gasteiger partial charge on any atom is -0.232 e. The molecule has 0 N–H and O–H groups in total. The number of hydrogen-bond acceptors (Lipinski definition) is 5. The number of hydrogen-bond donors (Lipinski definition) is 0. The van der Waals surface area contributed by atoms with Gasteiger partial charge in [0.1, 0.15) is 10.2 Å². The molecule has 0 aliphatic rings. The predicted molar refractivity (Wildman–Crippen MR) is 95.8 cm³/mol. The van der Waals surface area contributed by atoms with Crippen LogP contribution in [0.25, 0.3) is 5.65 Å². The maximum atomic E-state index is 13.1. The van der Waals surface area contributed by atoms with Crippen LogP contribution in [-0.4, -0.2) is 29.3 Å². The highest BCUT2D eigenvalue weighted by Crippen LogP contribution is 2.34. The molecule has 0 amide bonds. The van der Waals surface area contributed by atoms with Crippen molar-refractivity contribution < 1.29 is 8.42 Å². The lowest BCUT2D eigenvalue weighted by Gasteiger charge is -2.08. The van der Waals surface area contributed by atoms with Crippen LogP contribution >= 0.6 is 23.4 Å². The molecule has 0 saturated carbocycles. The van der Waals surface area contributed by atoms with Crippen LogP contribution in [0.1, 0.15) is 25.5 Å². The quantitative estimate of drug-likeness (QED) is 0.503. The fourth-order valence-electron chi connectivity index (χ4n) is 2.34. The summed E-state index contributed by atoms with van der Waals surface area (Å²) in [6, 6.07) is 10.0. The average Bonchev–Trinajstić information content (AvgIpc) is 2.95. The van der Waals surface area contributed by atoms with Gasteiger partial charge in [-0.1, -0.05) is 43.6 Å². The van der Waals surface area contributed by atoms with Gasteiger partial charge >= 0.3 is 0 Å². The number of fused-ring (bicyclic) bond motifs is 1. The fraction of sp³-hybridized carbons (Fsp3) is 0.250. The predicted octanol–water partition coefficient (Wildman–Crippen LogP) is 4.06. The molecule has 0 spiro atoms. The fourth-order valence-corrected chi connectivity index (χ4v) is 4.99. The Hall–Kier alpha value is -1.57. The molecular formula is C16H16ClN3O2S2. The van der Waals surface area contributed by atoms with Crippen LogP contribution in [0.5, 0.6) is 0 Å². The molecule has 2 heterocycles. The molecule has 8 heteroatoms. The first-order valence-corrected chi connectivity index (χ1v) is 10.4. The van der Waals surface area contributed by atoms with Gasteiger partial charge in [-0.15, -0.1) is 11.8 Å². The number of halogens is 1. The average molecular weight is 382 g/mol. The van der Waals surface area contributed by atoms with Crippen LogP contribution in [0.15, 0.2) is 51.2 Å². The number of nitrogens with zero attached hydrogens (tertiary/aromatic N) is 3. The molecule has 0 saturated heterocycles. The maximum absolute atomic E-state index is 13.1. The molecule has 3 aromatic rings. The zero-order valence-corrected chi connectivity index (χ0v) is 15.8. The highest BCUT2D eigenvalue weighted by Gasteiger charge is 2.29. The normalized spacial score (nSPS) is 12.2. The smallest absolute Gasteiger partial charge is 0.213 e. The molecule has 3 rings (SSSR count). The second-order valence-electron chi connectivity index (χ2n) is 5.55. The number of rotatable bonds is 4. The molecule has 24 heavy (non-hydrogen) atoms. The standard InChI is InChI=1S/C16H16ClN3O2S2/c1-10(2)12-9-13(17)20-15(18-12)14(16(19-20)23-3)24(21,22)11-7-5-4-6-8-11/h4-10H,1-3H3. The first-order valence-electron chi connectivity index (χ1n) is 7.29. The largest absolute Gasteiger partial charge is 0.232 e. The van der Waals surface area contributed by atoms with Gasteiger partial charge in [-0.25, -0.2) is 17.9 Å². The van der Waals surface area contributed by atoms with E-state index in [2.05, 4.69) is 10.1 Å². The van der Waals surface area contributed by atoms with E-state index in [1.807, 2.05) is 13.8 Å². The second kappa shape index (κ2) is 6.38. The molecule has 0 aliphatic heterocycles. The van der Waals surface area contributed by atoms with E-state index in [0.29, 0.717) is 10.2 Å². The lowest BCUT2D eigenvalue weighted by molar-refractivity contribution is 0.594. The van der Waals surface area contributed by atoms with Crippen LogP contribution in [0.2, 0.25) is 5.15 Å². The third kappa shape index (κ3) is 2.81. The summed E-state index contributed by atoms with van der Waals surface area (Å²) in [6.07, 6.45) is 1.78. The van der Waals surface area contributed by atoms with E-state index in [1.165, 1.54) is 16.3 Å². The van der Waals surface area contributed by atoms with Gasteiger partial charge in [0.05, 0.1) is 4.90 Å². The summed E-state index contributed by atoms with van der Waals surface area (Å²) < 4.78 is 27.6. The third-order valence-corrected chi connectivity index (χ3v) is 6.48. The Morgan fingerprint density at radius 1 is 1.21 bits per heavy atom. The summed E-state index contributed by atoms with van der Waals surface area (Å²) >= 11 is 7.56. The molecule has 0 radical (unpaired) electrons. The molecule has 126 valence electrons. The van der Waals surface area contributed by atoms with Crippen LogP contribution in [0, 0.1) is 0 Å². The summed E-state index contributed by atoms with van der Waals surface area (Å²) in [7, 11) is -3.75. The lowest BCUT2D eigenvalue weighted by Crippen LogP contribution is -2.05. The molecule has 0 unspecified atom stereocenters. The van der Waals surface area contributed by atoms with Crippen LogP contribution in [0.4, 0.5) is 0 Å².